The van der Waals surface area contributed by atoms with E-state index < -0.39 is 6.43 Å². The second-order valence-corrected chi connectivity index (χ2v) is 4.37. The van der Waals surface area contributed by atoms with Crippen LogP contribution in [0, 0.1) is 5.92 Å². The van der Waals surface area contributed by atoms with Gasteiger partial charge in [-0.1, -0.05) is 12.8 Å². The van der Waals surface area contributed by atoms with Gasteiger partial charge in [0.25, 0.3) is 0 Å². The monoisotopic (exact) mass is 205 g/mol. The van der Waals surface area contributed by atoms with Crippen molar-refractivity contribution in [1.82, 2.24) is 5.32 Å². The minimum absolute atomic E-state index is 0.0872. The van der Waals surface area contributed by atoms with E-state index in [0.717, 1.165) is 18.9 Å². The van der Waals surface area contributed by atoms with E-state index in [4.69, 9.17) is 4.74 Å². The maximum atomic E-state index is 12.0. The summed E-state index contributed by atoms with van der Waals surface area (Å²) in [5.74, 6) is 0.841. The Bertz CT molecular complexity index is 165. The second-order valence-electron chi connectivity index (χ2n) is 4.37. The Hall–Kier alpha value is -0.220. The number of halogens is 2. The summed E-state index contributed by atoms with van der Waals surface area (Å²) in [7, 11) is 0. The molecule has 2 atom stereocenters. The summed E-state index contributed by atoms with van der Waals surface area (Å²) < 4.78 is 29.6. The summed E-state index contributed by atoms with van der Waals surface area (Å²) in [5.41, 5.74) is 0. The second kappa shape index (κ2) is 4.53. The van der Waals surface area contributed by atoms with E-state index in [1.165, 1.54) is 12.8 Å². The van der Waals surface area contributed by atoms with Gasteiger partial charge in [0.15, 0.2) is 0 Å². The van der Waals surface area contributed by atoms with Gasteiger partial charge in [0.1, 0.15) is 0 Å². The van der Waals surface area contributed by atoms with Gasteiger partial charge in [-0.25, -0.2) is 8.78 Å². The molecule has 2 nitrogen and oxygen atoms in total. The molecular formula is C10H17F2NO. The highest BCUT2D eigenvalue weighted by molar-refractivity contribution is 4.82. The Morgan fingerprint density at radius 2 is 2.14 bits per heavy atom. The third kappa shape index (κ3) is 3.17. The van der Waals surface area contributed by atoms with Crippen LogP contribution < -0.4 is 5.32 Å². The van der Waals surface area contributed by atoms with Crippen LogP contribution >= 0.6 is 0 Å². The van der Waals surface area contributed by atoms with Gasteiger partial charge in [-0.2, -0.15) is 0 Å². The SMILES string of the molecule is FC(F)C[C@H]1CO[C@@H](CC2CC2)CN1. The third-order valence-electron chi connectivity index (χ3n) is 2.92. The number of morpholine rings is 1. The first-order valence-electron chi connectivity index (χ1n) is 5.37. The summed E-state index contributed by atoms with van der Waals surface area (Å²) in [6.45, 7) is 1.19. The molecule has 0 aromatic rings. The zero-order valence-electron chi connectivity index (χ0n) is 8.22. The maximum absolute atomic E-state index is 12.0. The largest absolute Gasteiger partial charge is 0.375 e. The van der Waals surface area contributed by atoms with E-state index in [2.05, 4.69) is 5.32 Å². The molecular weight excluding hydrogens is 188 g/mol. The van der Waals surface area contributed by atoms with Crippen LogP contribution in [-0.4, -0.2) is 31.7 Å². The van der Waals surface area contributed by atoms with Crippen molar-refractivity contribution in [1.29, 1.82) is 0 Å². The minimum atomic E-state index is -2.23. The number of rotatable bonds is 4. The predicted molar refractivity (Wildman–Crippen MR) is 49.5 cm³/mol. The van der Waals surface area contributed by atoms with Crippen molar-refractivity contribution in [3.05, 3.63) is 0 Å². The zero-order chi connectivity index (χ0) is 9.97. The zero-order valence-corrected chi connectivity index (χ0v) is 8.22. The standard InChI is InChI=1S/C10H17F2NO/c11-10(12)4-8-6-14-9(5-13-8)3-7-1-2-7/h7-10,13H,1-6H2/t8-,9-/m0/s1. The van der Waals surface area contributed by atoms with Crippen LogP contribution in [0.2, 0.25) is 0 Å². The Morgan fingerprint density at radius 3 is 2.64 bits per heavy atom. The van der Waals surface area contributed by atoms with Crippen LogP contribution in [0.4, 0.5) is 8.78 Å². The van der Waals surface area contributed by atoms with E-state index in [1.807, 2.05) is 0 Å². The fourth-order valence-corrected chi connectivity index (χ4v) is 1.91. The fourth-order valence-electron chi connectivity index (χ4n) is 1.91. The molecule has 0 unspecified atom stereocenters. The Balaban J connectivity index is 1.63. The van der Waals surface area contributed by atoms with Gasteiger partial charge in [0.05, 0.1) is 12.7 Å². The van der Waals surface area contributed by atoms with Crippen LogP contribution in [0.25, 0.3) is 0 Å². The first-order chi connectivity index (χ1) is 6.74. The highest BCUT2D eigenvalue weighted by atomic mass is 19.3. The summed E-state index contributed by atoms with van der Waals surface area (Å²) >= 11 is 0. The minimum Gasteiger partial charge on any atom is -0.375 e. The van der Waals surface area contributed by atoms with Crippen molar-refractivity contribution >= 4 is 0 Å². The quantitative estimate of drug-likeness (QED) is 0.755. The van der Waals surface area contributed by atoms with Crippen molar-refractivity contribution in [2.24, 2.45) is 5.92 Å². The maximum Gasteiger partial charge on any atom is 0.240 e. The van der Waals surface area contributed by atoms with Crippen LogP contribution in [0.3, 0.4) is 0 Å². The van der Waals surface area contributed by atoms with Crippen molar-refractivity contribution in [3.8, 4) is 0 Å². The molecule has 1 aliphatic heterocycles. The molecule has 1 saturated carbocycles. The van der Waals surface area contributed by atoms with E-state index in [9.17, 15) is 8.78 Å². The number of alkyl halides is 2. The number of hydrogen-bond acceptors (Lipinski definition) is 2. The average Bonchev–Trinajstić information content (AvgIpc) is 2.91. The smallest absolute Gasteiger partial charge is 0.240 e. The fraction of sp³-hybridized carbons (Fsp3) is 1.00. The molecule has 1 saturated heterocycles. The highest BCUT2D eigenvalue weighted by Crippen LogP contribution is 2.34. The van der Waals surface area contributed by atoms with Crippen molar-refractivity contribution in [2.75, 3.05) is 13.2 Å². The summed E-state index contributed by atoms with van der Waals surface area (Å²) in [5, 5.41) is 3.13. The number of nitrogens with one attached hydrogen (secondary N) is 1. The van der Waals surface area contributed by atoms with Gasteiger partial charge in [0, 0.05) is 19.0 Å². The molecule has 0 radical (unpaired) electrons. The van der Waals surface area contributed by atoms with E-state index in [0.29, 0.717) is 6.61 Å². The molecule has 0 aromatic carbocycles. The van der Waals surface area contributed by atoms with Gasteiger partial charge in [0.2, 0.25) is 6.43 Å². The summed E-state index contributed by atoms with van der Waals surface area (Å²) in [6.07, 6.45) is 1.69. The molecule has 0 amide bonds. The molecule has 0 spiro atoms. The Kier molecular flexibility index (Phi) is 3.34. The Labute approximate surface area is 83.0 Å². The molecule has 14 heavy (non-hydrogen) atoms. The first kappa shape index (κ1) is 10.3. The normalized spacial score (nSPS) is 33.6. The highest BCUT2D eigenvalue weighted by Gasteiger charge is 2.29. The van der Waals surface area contributed by atoms with Gasteiger partial charge in [-0.3, -0.25) is 0 Å². The third-order valence-corrected chi connectivity index (χ3v) is 2.92. The molecule has 1 aliphatic carbocycles. The van der Waals surface area contributed by atoms with Gasteiger partial charge < -0.3 is 10.1 Å². The number of ether oxygens (including phenoxy) is 1. The molecule has 1 heterocycles. The van der Waals surface area contributed by atoms with Gasteiger partial charge >= 0.3 is 0 Å². The first-order valence-corrected chi connectivity index (χ1v) is 5.37. The lowest BCUT2D eigenvalue weighted by atomic mass is 10.1. The van der Waals surface area contributed by atoms with Crippen molar-refractivity contribution in [2.45, 2.75) is 44.3 Å². The average molecular weight is 205 g/mol. The van der Waals surface area contributed by atoms with Gasteiger partial charge in [-0.15, -0.1) is 0 Å². The van der Waals surface area contributed by atoms with E-state index in [-0.39, 0.29) is 18.6 Å². The molecule has 2 rings (SSSR count). The molecule has 2 aliphatic rings. The van der Waals surface area contributed by atoms with Crippen LogP contribution in [0.5, 0.6) is 0 Å². The Morgan fingerprint density at radius 1 is 1.36 bits per heavy atom. The molecule has 1 N–H and O–H groups in total. The van der Waals surface area contributed by atoms with Gasteiger partial charge in [-0.05, 0) is 12.3 Å². The summed E-state index contributed by atoms with van der Waals surface area (Å²) in [6, 6.07) is -0.148. The van der Waals surface area contributed by atoms with Crippen molar-refractivity contribution < 1.29 is 13.5 Å². The van der Waals surface area contributed by atoms with Crippen LogP contribution in [-0.2, 0) is 4.74 Å². The lowest BCUT2D eigenvalue weighted by Gasteiger charge is -2.30. The molecule has 4 heteroatoms. The molecule has 2 fully saturated rings. The molecule has 0 bridgehead atoms. The molecule has 0 aromatic heterocycles. The molecule has 82 valence electrons. The lowest BCUT2D eigenvalue weighted by molar-refractivity contribution is -0.0173. The van der Waals surface area contributed by atoms with Crippen LogP contribution in [0.15, 0.2) is 0 Å². The topological polar surface area (TPSA) is 21.3 Å². The lowest BCUT2D eigenvalue weighted by Crippen LogP contribution is -2.47. The van der Waals surface area contributed by atoms with E-state index in [1.54, 1.807) is 0 Å². The summed E-state index contributed by atoms with van der Waals surface area (Å²) in [4.78, 5) is 0. The number of hydrogen-bond donors (Lipinski definition) is 1. The van der Waals surface area contributed by atoms with E-state index >= 15 is 0 Å². The van der Waals surface area contributed by atoms with Crippen molar-refractivity contribution in [3.63, 3.8) is 0 Å². The van der Waals surface area contributed by atoms with Crippen LogP contribution in [0.1, 0.15) is 25.7 Å². The predicted octanol–water partition coefficient (Wildman–Crippen LogP) is 1.80.